The number of carbonyl (C=O) groups excluding carboxylic acids is 1. The van der Waals surface area contributed by atoms with Gasteiger partial charge in [0.15, 0.2) is 5.78 Å². The molecule has 0 saturated carbocycles. The molecule has 3 N–H and O–H groups in total. The number of aryl methyl sites for hydroxylation is 1. The van der Waals surface area contributed by atoms with Crippen molar-refractivity contribution in [2.24, 2.45) is 0 Å². The molecule has 7 heteroatoms. The van der Waals surface area contributed by atoms with Gasteiger partial charge in [0.05, 0.1) is 0 Å². The molecular formula is C28H26N3O4+. The molecule has 0 aliphatic carbocycles. The van der Waals surface area contributed by atoms with E-state index < -0.39 is 5.97 Å². The molecule has 0 fully saturated rings. The number of anilines is 1. The first-order chi connectivity index (χ1) is 17.0. The molecule has 176 valence electrons. The third kappa shape index (κ3) is 6.29. The summed E-state index contributed by atoms with van der Waals surface area (Å²) in [6.45, 7) is 0.811. The number of carboxylic acids is 1. The number of hydrogen-bond donors (Lipinski definition) is 2. The molecule has 0 atom stereocenters. The molecule has 4 aromatic rings. The summed E-state index contributed by atoms with van der Waals surface area (Å²) in [5.41, 5.74) is 9.87. The predicted molar refractivity (Wildman–Crippen MR) is 132 cm³/mol. The first-order valence-electron chi connectivity index (χ1n) is 11.3. The number of ether oxygens (including phenoxy) is 1. The first kappa shape index (κ1) is 23.6. The molecule has 0 aliphatic rings. The Morgan fingerprint density at radius 3 is 2.23 bits per heavy atom. The van der Waals surface area contributed by atoms with E-state index in [0.29, 0.717) is 42.3 Å². The maximum absolute atomic E-state index is 12.5. The molecule has 0 radical (unpaired) electrons. The van der Waals surface area contributed by atoms with Gasteiger partial charge in [0.1, 0.15) is 24.6 Å². The Hall–Kier alpha value is -4.52. The first-order valence-corrected chi connectivity index (χ1v) is 11.3. The number of benzene rings is 3. The Labute approximate surface area is 203 Å². The SMILES string of the molecule is Nc1ccc(-c2ccc(OCc3ccc(C(=O)c4ccccc4)cc3)cc2)n[n+]1CCCC(=O)O. The van der Waals surface area contributed by atoms with Crippen molar-refractivity contribution >= 4 is 17.6 Å². The van der Waals surface area contributed by atoms with Crippen molar-refractivity contribution < 1.29 is 24.1 Å². The van der Waals surface area contributed by atoms with Gasteiger partial charge in [-0.3, -0.25) is 15.3 Å². The van der Waals surface area contributed by atoms with Crippen LogP contribution in [0.25, 0.3) is 11.3 Å². The smallest absolute Gasteiger partial charge is 0.303 e. The Morgan fingerprint density at radius 1 is 0.857 bits per heavy atom. The van der Waals surface area contributed by atoms with Gasteiger partial charge < -0.3 is 9.84 Å². The molecule has 0 bridgehead atoms. The zero-order valence-corrected chi connectivity index (χ0v) is 19.1. The molecular weight excluding hydrogens is 442 g/mol. The van der Waals surface area contributed by atoms with E-state index >= 15 is 0 Å². The minimum atomic E-state index is -0.840. The van der Waals surface area contributed by atoms with E-state index in [4.69, 9.17) is 15.6 Å². The summed E-state index contributed by atoms with van der Waals surface area (Å²) in [7, 11) is 0. The van der Waals surface area contributed by atoms with Gasteiger partial charge in [0, 0.05) is 29.2 Å². The number of hydrogen-bond acceptors (Lipinski definition) is 5. The third-order valence-corrected chi connectivity index (χ3v) is 5.51. The van der Waals surface area contributed by atoms with Gasteiger partial charge in [-0.25, -0.2) is 0 Å². The van der Waals surface area contributed by atoms with Crippen LogP contribution in [0.5, 0.6) is 5.75 Å². The van der Waals surface area contributed by atoms with Crippen molar-refractivity contribution in [3.8, 4) is 17.0 Å². The van der Waals surface area contributed by atoms with Crippen LogP contribution in [0, 0.1) is 0 Å². The Bertz CT molecular complexity index is 1300. The largest absolute Gasteiger partial charge is 0.489 e. The summed E-state index contributed by atoms with van der Waals surface area (Å²) < 4.78 is 7.52. The summed E-state index contributed by atoms with van der Waals surface area (Å²) in [5.74, 6) is 0.346. The fourth-order valence-corrected chi connectivity index (χ4v) is 3.58. The molecule has 0 saturated heterocycles. The third-order valence-electron chi connectivity index (χ3n) is 5.51. The normalized spacial score (nSPS) is 10.6. The number of ketones is 1. The second-order valence-electron chi connectivity index (χ2n) is 8.07. The lowest BCUT2D eigenvalue weighted by Gasteiger charge is -2.09. The van der Waals surface area contributed by atoms with Gasteiger partial charge in [-0.1, -0.05) is 59.7 Å². The molecule has 0 unspecified atom stereocenters. The zero-order valence-electron chi connectivity index (χ0n) is 19.1. The van der Waals surface area contributed by atoms with E-state index in [-0.39, 0.29) is 12.2 Å². The molecule has 0 amide bonds. The Kier molecular flexibility index (Phi) is 7.47. The number of nitrogens with zero attached hydrogens (tertiary/aromatic N) is 2. The molecule has 0 spiro atoms. The van der Waals surface area contributed by atoms with Gasteiger partial charge in [0.25, 0.3) is 5.82 Å². The van der Waals surface area contributed by atoms with Crippen molar-refractivity contribution in [3.63, 3.8) is 0 Å². The number of rotatable bonds is 10. The molecule has 7 nitrogen and oxygen atoms in total. The van der Waals surface area contributed by atoms with E-state index in [1.807, 2.05) is 84.9 Å². The van der Waals surface area contributed by atoms with Crippen molar-refractivity contribution in [2.75, 3.05) is 5.73 Å². The minimum absolute atomic E-state index is 0.00635. The minimum Gasteiger partial charge on any atom is -0.489 e. The van der Waals surface area contributed by atoms with Crippen LogP contribution in [-0.2, 0) is 17.9 Å². The van der Waals surface area contributed by atoms with Crippen LogP contribution in [0.15, 0.2) is 91.0 Å². The number of aliphatic carboxylic acids is 1. The van der Waals surface area contributed by atoms with Crippen LogP contribution < -0.4 is 15.2 Å². The van der Waals surface area contributed by atoms with Gasteiger partial charge in [-0.15, -0.1) is 4.68 Å². The lowest BCUT2D eigenvalue weighted by molar-refractivity contribution is -0.739. The molecule has 1 heterocycles. The average Bonchev–Trinajstić information content (AvgIpc) is 2.89. The second kappa shape index (κ2) is 11.1. The van der Waals surface area contributed by atoms with Crippen LogP contribution >= 0.6 is 0 Å². The van der Waals surface area contributed by atoms with Crippen molar-refractivity contribution in [1.29, 1.82) is 0 Å². The van der Waals surface area contributed by atoms with Crippen LogP contribution in [0.4, 0.5) is 5.82 Å². The average molecular weight is 469 g/mol. The van der Waals surface area contributed by atoms with E-state index in [0.717, 1.165) is 16.8 Å². The number of carbonyl (C=O) groups is 2. The highest BCUT2D eigenvalue weighted by Crippen LogP contribution is 2.21. The van der Waals surface area contributed by atoms with E-state index in [1.165, 1.54) is 0 Å². The monoisotopic (exact) mass is 468 g/mol. The van der Waals surface area contributed by atoms with Gasteiger partial charge in [-0.2, -0.15) is 0 Å². The standard InChI is InChI=1S/C28H25N3O4/c29-26-17-16-25(30-31(26)18-4-7-27(32)33)21-12-14-24(15-13-21)35-19-20-8-10-23(11-9-20)28(34)22-5-2-1-3-6-22/h1-3,5-6,8-17,29H,4,7,18-19H2,(H,32,33)/p+1. The zero-order chi connectivity index (χ0) is 24.6. The van der Waals surface area contributed by atoms with Crippen LogP contribution in [-0.4, -0.2) is 22.0 Å². The molecule has 35 heavy (non-hydrogen) atoms. The maximum Gasteiger partial charge on any atom is 0.303 e. The summed E-state index contributed by atoms with van der Waals surface area (Å²) in [6, 6.07) is 27.8. The van der Waals surface area contributed by atoms with Crippen molar-refractivity contribution in [1.82, 2.24) is 5.10 Å². The van der Waals surface area contributed by atoms with Gasteiger partial charge in [-0.05, 0) is 42.3 Å². The fourth-order valence-electron chi connectivity index (χ4n) is 3.58. The van der Waals surface area contributed by atoms with E-state index in [1.54, 1.807) is 10.7 Å². The Morgan fingerprint density at radius 2 is 1.54 bits per heavy atom. The van der Waals surface area contributed by atoms with Crippen LogP contribution in [0.3, 0.4) is 0 Å². The molecule has 3 aromatic carbocycles. The maximum atomic E-state index is 12.5. The summed E-state index contributed by atoms with van der Waals surface area (Å²) in [5, 5.41) is 13.4. The fraction of sp³-hybridized carbons (Fsp3) is 0.143. The summed E-state index contributed by atoms with van der Waals surface area (Å²) >= 11 is 0. The van der Waals surface area contributed by atoms with Crippen molar-refractivity contribution in [2.45, 2.75) is 26.0 Å². The molecule has 4 rings (SSSR count). The number of nitrogen functional groups attached to an aromatic ring is 1. The van der Waals surface area contributed by atoms with Crippen molar-refractivity contribution in [3.05, 3.63) is 108 Å². The quantitative estimate of drug-likeness (QED) is 0.266. The lowest BCUT2D eigenvalue weighted by atomic mass is 10.0. The predicted octanol–water partition coefficient (Wildman–Crippen LogP) is 4.29. The highest BCUT2D eigenvalue weighted by atomic mass is 16.5. The van der Waals surface area contributed by atoms with Gasteiger partial charge in [0.2, 0.25) is 0 Å². The van der Waals surface area contributed by atoms with E-state index in [2.05, 4.69) is 5.10 Å². The summed E-state index contributed by atoms with van der Waals surface area (Å²) in [6.07, 6.45) is 0.519. The number of nitrogens with two attached hydrogens (primary N) is 1. The summed E-state index contributed by atoms with van der Waals surface area (Å²) in [4.78, 5) is 23.3. The Balaban J connectivity index is 1.36. The number of carboxylic acid groups (broad SMARTS) is 1. The number of aromatic nitrogens is 2. The topological polar surface area (TPSA) is 106 Å². The van der Waals surface area contributed by atoms with E-state index in [9.17, 15) is 9.59 Å². The highest BCUT2D eigenvalue weighted by Gasteiger charge is 2.11. The highest BCUT2D eigenvalue weighted by molar-refractivity contribution is 6.08. The van der Waals surface area contributed by atoms with Crippen LogP contribution in [0.1, 0.15) is 34.3 Å². The molecule has 0 aliphatic heterocycles. The van der Waals surface area contributed by atoms with Gasteiger partial charge >= 0.3 is 5.97 Å². The van der Waals surface area contributed by atoms with Crippen LogP contribution in [0.2, 0.25) is 0 Å². The molecule has 1 aromatic heterocycles. The second-order valence-corrected chi connectivity index (χ2v) is 8.07. The lowest BCUT2D eigenvalue weighted by Crippen LogP contribution is -2.41.